The number of quaternary nitrogens is 1. The minimum Gasteiger partial charge on any atom is -0.368 e. The maximum atomic E-state index is 13.7. The van der Waals surface area contributed by atoms with Gasteiger partial charge in [0.1, 0.15) is 18.4 Å². The third kappa shape index (κ3) is 4.59. The number of hydrogen-bond donors (Lipinski definition) is 0. The molecule has 4 aliphatic rings. The fourth-order valence-corrected chi connectivity index (χ4v) is 6.58. The molecule has 0 spiro atoms. The van der Waals surface area contributed by atoms with Crippen LogP contribution in [0.2, 0.25) is 0 Å². The second kappa shape index (κ2) is 9.27. The van der Waals surface area contributed by atoms with Crippen LogP contribution in [-0.2, 0) is 17.1 Å². The van der Waals surface area contributed by atoms with Crippen molar-refractivity contribution >= 4 is 34.3 Å². The zero-order valence-electron chi connectivity index (χ0n) is 20.6. The number of aromatic nitrogens is 1. The molecule has 2 fully saturated rings. The Labute approximate surface area is 224 Å². The van der Waals surface area contributed by atoms with Gasteiger partial charge in [0.2, 0.25) is 0 Å². The number of carbonyl (C=O) groups excluding carboxylic acids is 1. The summed E-state index contributed by atoms with van der Waals surface area (Å²) in [5, 5.41) is 2.41. The molecule has 1 aromatic heterocycles. The van der Waals surface area contributed by atoms with Crippen LogP contribution in [0.25, 0.3) is 10.9 Å². The first-order valence-electron chi connectivity index (χ1n) is 12.4. The molecule has 2 aromatic rings. The number of allylic oxidation sites excluding steroid dienone is 3. The summed E-state index contributed by atoms with van der Waals surface area (Å²) in [6.07, 6.45) is -1.65. The summed E-state index contributed by atoms with van der Waals surface area (Å²) >= 11 is 1.72. The maximum Gasteiger partial charge on any atom is 0.433 e. The molecule has 0 saturated carbocycles. The molecule has 2 saturated heterocycles. The van der Waals surface area contributed by atoms with E-state index in [1.165, 1.54) is 6.07 Å². The minimum atomic E-state index is -4.81. The van der Waals surface area contributed by atoms with Gasteiger partial charge in [-0.2, -0.15) is 30.9 Å². The molecule has 0 radical (unpaired) electrons. The van der Waals surface area contributed by atoms with Crippen molar-refractivity contribution in [2.24, 2.45) is 0 Å². The Balaban J connectivity index is 1.25. The first-order chi connectivity index (χ1) is 18.5. The van der Waals surface area contributed by atoms with Crippen LogP contribution >= 0.6 is 11.8 Å². The van der Waals surface area contributed by atoms with Gasteiger partial charge in [0.25, 0.3) is 5.91 Å². The first kappa shape index (κ1) is 26.2. The van der Waals surface area contributed by atoms with Crippen LogP contribution in [0, 0.1) is 0 Å². The highest BCUT2D eigenvalue weighted by Gasteiger charge is 2.48. The van der Waals surface area contributed by atoms with Crippen molar-refractivity contribution in [1.29, 1.82) is 0 Å². The van der Waals surface area contributed by atoms with Gasteiger partial charge in [-0.15, -0.1) is 16.8 Å². The van der Waals surface area contributed by atoms with E-state index in [1.807, 2.05) is 29.3 Å². The lowest BCUT2D eigenvalue weighted by atomic mass is 10.1. The van der Waals surface area contributed by atoms with Gasteiger partial charge in [0.15, 0.2) is 5.70 Å². The lowest BCUT2D eigenvalue weighted by Gasteiger charge is -2.44. The molecule has 1 aromatic carbocycles. The van der Waals surface area contributed by atoms with E-state index >= 15 is 0 Å². The summed E-state index contributed by atoms with van der Waals surface area (Å²) in [4.78, 5) is 20.2. The largest absolute Gasteiger partial charge is 0.433 e. The Bertz CT molecular complexity index is 1420. The molecule has 13 heteroatoms. The van der Waals surface area contributed by atoms with E-state index in [4.69, 9.17) is 0 Å². The summed E-state index contributed by atoms with van der Waals surface area (Å²) in [5.74, 6) is 1.62. The van der Waals surface area contributed by atoms with Gasteiger partial charge >= 0.3 is 12.4 Å². The van der Waals surface area contributed by atoms with E-state index in [0.29, 0.717) is 49.3 Å². The normalized spacial score (nSPS) is 23.9. The number of anilines is 1. The zero-order chi connectivity index (χ0) is 27.6. The number of halogens is 6. The average Bonchev–Trinajstić information content (AvgIpc) is 3.63. The second-order valence-corrected chi connectivity index (χ2v) is 11.0. The summed E-state index contributed by atoms with van der Waals surface area (Å²) in [7, 11) is 0. The summed E-state index contributed by atoms with van der Waals surface area (Å²) in [6, 6.07) is 3.65. The molecule has 0 unspecified atom stereocenters. The monoisotopic (exact) mass is 568 g/mol. The molecule has 0 aliphatic carbocycles. The molecule has 0 N–H and O–H groups in total. The number of carbonyl (C=O) groups is 1. The summed E-state index contributed by atoms with van der Waals surface area (Å²) < 4.78 is 81.1. The number of alkyl halides is 6. The van der Waals surface area contributed by atoms with Crippen LogP contribution < -0.4 is 4.90 Å². The third-order valence-electron chi connectivity index (χ3n) is 7.60. The first-order valence-corrected chi connectivity index (χ1v) is 13.6. The highest BCUT2D eigenvalue weighted by Crippen LogP contribution is 2.40. The topological polar surface area (TPSA) is 39.7 Å². The third-order valence-corrected chi connectivity index (χ3v) is 8.57. The predicted molar refractivity (Wildman–Crippen MR) is 135 cm³/mol. The second-order valence-electron chi connectivity index (χ2n) is 9.89. The van der Waals surface area contributed by atoms with Gasteiger partial charge in [-0.3, -0.25) is 4.79 Å². The Morgan fingerprint density at radius 2 is 1.74 bits per heavy atom. The van der Waals surface area contributed by atoms with Gasteiger partial charge < -0.3 is 9.80 Å². The van der Waals surface area contributed by atoms with Crippen molar-refractivity contribution in [3.05, 3.63) is 71.2 Å². The molecule has 6 nitrogen and oxygen atoms in total. The quantitative estimate of drug-likeness (QED) is 0.385. The van der Waals surface area contributed by atoms with Gasteiger partial charge in [-0.05, 0) is 24.3 Å². The number of amides is 1. The molecule has 1 amide bonds. The maximum absolute atomic E-state index is 13.7. The number of nitrogens with zero attached hydrogens (tertiary/aromatic N) is 5. The number of hydrogen-bond acceptors (Lipinski definition) is 5. The van der Waals surface area contributed by atoms with Crippen LogP contribution in [0.4, 0.5) is 32.0 Å². The van der Waals surface area contributed by atoms with Crippen LogP contribution in [-0.4, -0.2) is 76.3 Å². The minimum absolute atomic E-state index is 0.0287. The summed E-state index contributed by atoms with van der Waals surface area (Å²) in [5.41, 5.74) is -0.728. The highest BCUT2D eigenvalue weighted by atomic mass is 32.2. The van der Waals surface area contributed by atoms with E-state index < -0.39 is 23.6 Å². The van der Waals surface area contributed by atoms with E-state index in [1.54, 1.807) is 16.7 Å². The summed E-state index contributed by atoms with van der Waals surface area (Å²) in [6.45, 7) is 2.84. The molecule has 5 heterocycles. The fraction of sp³-hybridized carbons (Fsp3) is 0.385. The lowest BCUT2D eigenvalue weighted by molar-refractivity contribution is -0.948. The molecule has 0 bridgehead atoms. The van der Waals surface area contributed by atoms with Crippen molar-refractivity contribution in [2.45, 2.75) is 12.4 Å². The Hall–Kier alpha value is -3.03. The molecule has 4 aliphatic heterocycles. The molecule has 206 valence electrons. The van der Waals surface area contributed by atoms with Crippen LogP contribution in [0.3, 0.4) is 0 Å². The Morgan fingerprint density at radius 3 is 2.41 bits per heavy atom. The van der Waals surface area contributed by atoms with Gasteiger partial charge in [-0.25, -0.2) is 4.98 Å². The van der Waals surface area contributed by atoms with Crippen molar-refractivity contribution in [1.82, 2.24) is 14.9 Å². The van der Waals surface area contributed by atoms with Crippen LogP contribution in [0.15, 0.2) is 60.0 Å². The van der Waals surface area contributed by atoms with Crippen molar-refractivity contribution < 1.29 is 35.7 Å². The van der Waals surface area contributed by atoms with Crippen molar-refractivity contribution in [3.8, 4) is 0 Å². The lowest BCUT2D eigenvalue weighted by Crippen LogP contribution is -2.60. The SMILES string of the molecule is O=C(C1=CC2=CC=C[N@@+]2(N2CCN(c3cc(C(F)(F)F)nc4cc(C(F)(F)F)ccc34)CC2)C1)N1CCSC1. The van der Waals surface area contributed by atoms with Crippen LogP contribution in [0.5, 0.6) is 0 Å². The number of pyridine rings is 1. The number of piperazine rings is 1. The standard InChI is InChI=1S/C26H24F6N5OS/c27-25(28,29)18-3-4-20-21(13-18)33-23(26(30,31)32)14-22(20)34-5-7-36(8-6-34)37-10-1-2-19(37)12-17(15-37)24(38)35-9-11-39-16-35/h1-4,10,12-14H,5-9,11,15-16H2/q+1/t37-/m1/s1. The fourth-order valence-electron chi connectivity index (χ4n) is 5.64. The number of fused-ring (bicyclic) bond motifs is 2. The molecular formula is C26H24F6N5OS+. The molecular weight excluding hydrogens is 544 g/mol. The Morgan fingerprint density at radius 1 is 0.974 bits per heavy atom. The highest BCUT2D eigenvalue weighted by molar-refractivity contribution is 7.99. The average molecular weight is 569 g/mol. The Kier molecular flexibility index (Phi) is 6.23. The van der Waals surface area contributed by atoms with E-state index in [-0.39, 0.29) is 22.5 Å². The zero-order valence-corrected chi connectivity index (χ0v) is 21.4. The van der Waals surface area contributed by atoms with E-state index in [9.17, 15) is 31.1 Å². The molecule has 6 rings (SSSR count). The van der Waals surface area contributed by atoms with E-state index in [2.05, 4.69) is 9.99 Å². The number of rotatable bonds is 3. The van der Waals surface area contributed by atoms with Gasteiger partial charge in [-0.1, -0.05) is 6.07 Å². The number of benzene rings is 1. The van der Waals surface area contributed by atoms with Crippen molar-refractivity contribution in [3.63, 3.8) is 0 Å². The molecule has 1 atom stereocenters. The van der Waals surface area contributed by atoms with Gasteiger partial charge in [0.05, 0.1) is 35.6 Å². The molecule has 39 heavy (non-hydrogen) atoms. The van der Waals surface area contributed by atoms with Crippen LogP contribution in [0.1, 0.15) is 11.3 Å². The number of thioether (sulfide) groups is 1. The van der Waals surface area contributed by atoms with Crippen molar-refractivity contribution in [2.75, 3.05) is 55.8 Å². The van der Waals surface area contributed by atoms with E-state index in [0.717, 1.165) is 35.7 Å². The van der Waals surface area contributed by atoms with Gasteiger partial charge in [0, 0.05) is 48.6 Å². The smallest absolute Gasteiger partial charge is 0.368 e. The predicted octanol–water partition coefficient (Wildman–Crippen LogP) is 5.01.